The van der Waals surface area contributed by atoms with Crippen molar-refractivity contribution in [3.05, 3.63) is 58.4 Å². The van der Waals surface area contributed by atoms with Crippen molar-refractivity contribution < 1.29 is 40.6 Å². The Bertz CT molecular complexity index is 1670. The Kier molecular flexibility index (Phi) is 14.2. The van der Waals surface area contributed by atoms with Crippen LogP contribution in [0.4, 0.5) is 22.0 Å². The summed E-state index contributed by atoms with van der Waals surface area (Å²) in [6.45, 7) is 16.0. The molecule has 0 saturated carbocycles. The van der Waals surface area contributed by atoms with E-state index in [9.17, 15) is 31.5 Å². The number of fused-ring (bicyclic) bond motifs is 1. The SMILES string of the molecule is CCCCCc1ccc(-c2cc3ccc(SCCCC(F)(F)CCCOC(=O)C(C)(CC(C)(C)C)C(C)(C)C)cc3oc2=O)c(OC(F)(F)F)c1. The van der Waals surface area contributed by atoms with Gasteiger partial charge in [0.25, 0.3) is 0 Å². The number of esters is 1. The monoisotopic (exact) mass is 740 g/mol. The van der Waals surface area contributed by atoms with Crippen molar-refractivity contribution in [1.29, 1.82) is 0 Å². The van der Waals surface area contributed by atoms with Gasteiger partial charge < -0.3 is 13.9 Å². The lowest BCUT2D eigenvalue weighted by atomic mass is 9.61. The van der Waals surface area contributed by atoms with Crippen molar-refractivity contribution in [2.45, 2.75) is 130 Å². The Labute approximate surface area is 303 Å². The van der Waals surface area contributed by atoms with Crippen LogP contribution < -0.4 is 10.4 Å². The van der Waals surface area contributed by atoms with Crippen molar-refractivity contribution in [1.82, 2.24) is 0 Å². The Hall–Kier alpha value is -3.08. The molecule has 11 heteroatoms. The molecule has 284 valence electrons. The third-order valence-electron chi connectivity index (χ3n) is 9.20. The molecule has 0 spiro atoms. The number of hydrogen-bond acceptors (Lipinski definition) is 6. The molecule has 1 heterocycles. The highest BCUT2D eigenvalue weighted by atomic mass is 32.2. The van der Waals surface area contributed by atoms with E-state index in [2.05, 4.69) is 25.5 Å². The Morgan fingerprint density at radius 1 is 0.824 bits per heavy atom. The number of carbonyl (C=O) groups excluding carboxylic acids is 1. The second-order valence-electron chi connectivity index (χ2n) is 15.8. The topological polar surface area (TPSA) is 65.7 Å². The quantitative estimate of drug-likeness (QED) is 0.0451. The van der Waals surface area contributed by atoms with Gasteiger partial charge in [0.2, 0.25) is 5.92 Å². The molecule has 1 aromatic heterocycles. The highest BCUT2D eigenvalue weighted by Gasteiger charge is 2.47. The van der Waals surface area contributed by atoms with E-state index in [-0.39, 0.29) is 59.4 Å². The van der Waals surface area contributed by atoms with Crippen molar-refractivity contribution in [3.63, 3.8) is 0 Å². The fourth-order valence-corrected chi connectivity index (χ4v) is 6.99. The molecule has 0 aliphatic carbocycles. The van der Waals surface area contributed by atoms with Crippen LogP contribution in [0.1, 0.15) is 112 Å². The van der Waals surface area contributed by atoms with E-state index in [4.69, 9.17) is 9.15 Å². The molecule has 0 saturated heterocycles. The van der Waals surface area contributed by atoms with Crippen LogP contribution in [0.2, 0.25) is 0 Å². The molecule has 0 aliphatic heterocycles. The number of alkyl halides is 5. The maximum absolute atomic E-state index is 14.7. The van der Waals surface area contributed by atoms with Crippen LogP contribution in [-0.2, 0) is 16.0 Å². The van der Waals surface area contributed by atoms with Crippen molar-refractivity contribution in [2.75, 3.05) is 12.4 Å². The van der Waals surface area contributed by atoms with E-state index in [0.717, 1.165) is 19.3 Å². The van der Waals surface area contributed by atoms with Gasteiger partial charge in [-0.1, -0.05) is 79.5 Å². The first kappa shape index (κ1) is 42.3. The summed E-state index contributed by atoms with van der Waals surface area (Å²) in [6.07, 6.45) is -1.47. The predicted molar refractivity (Wildman–Crippen MR) is 195 cm³/mol. The van der Waals surface area contributed by atoms with Gasteiger partial charge >= 0.3 is 18.0 Å². The molecule has 5 nitrogen and oxygen atoms in total. The summed E-state index contributed by atoms with van der Waals surface area (Å²) in [7, 11) is 0. The number of aryl methyl sites for hydroxylation is 1. The number of halogens is 5. The first-order valence-electron chi connectivity index (χ1n) is 17.7. The largest absolute Gasteiger partial charge is 0.573 e. The highest BCUT2D eigenvalue weighted by Crippen LogP contribution is 2.47. The average molecular weight is 741 g/mol. The maximum atomic E-state index is 14.7. The van der Waals surface area contributed by atoms with E-state index < -0.39 is 35.5 Å². The molecule has 0 radical (unpaired) electrons. The number of rotatable bonds is 17. The Morgan fingerprint density at radius 3 is 2.14 bits per heavy atom. The molecule has 0 N–H and O–H groups in total. The molecule has 0 bridgehead atoms. The number of benzene rings is 2. The molecule has 3 aromatic rings. The summed E-state index contributed by atoms with van der Waals surface area (Å²) in [4.78, 5) is 26.8. The zero-order valence-electron chi connectivity index (χ0n) is 31.2. The standard InChI is InChI=1S/C40H53F5O5S/c1-9-10-11-14-27-15-18-30(33(23-27)50-40(43,44)45)31-24-28-16-17-29(25-32(28)49-34(31)46)51-22-13-20-39(41,42)19-12-21-48-35(47)38(8,37(5,6)7)26-36(2,3)4/h15-18,23-25H,9-14,19-22,26H2,1-8H3. The lowest BCUT2D eigenvalue weighted by Gasteiger charge is -2.43. The highest BCUT2D eigenvalue weighted by molar-refractivity contribution is 7.99. The van der Waals surface area contributed by atoms with Crippen LogP contribution in [0.15, 0.2) is 56.6 Å². The Balaban J connectivity index is 1.58. The lowest BCUT2D eigenvalue weighted by Crippen LogP contribution is -2.44. The van der Waals surface area contributed by atoms with Gasteiger partial charge in [0, 0.05) is 28.7 Å². The summed E-state index contributed by atoms with van der Waals surface area (Å²) in [5, 5.41) is 0.493. The van der Waals surface area contributed by atoms with Crippen LogP contribution in [0.3, 0.4) is 0 Å². The second kappa shape index (κ2) is 17.2. The van der Waals surface area contributed by atoms with Crippen LogP contribution >= 0.6 is 11.8 Å². The fraction of sp³-hybridized carbons (Fsp3) is 0.600. The summed E-state index contributed by atoms with van der Waals surface area (Å²) < 4.78 is 84.6. The number of unbranched alkanes of at least 4 members (excludes halogenated alkanes) is 2. The smallest absolute Gasteiger partial charge is 0.465 e. The Morgan fingerprint density at radius 2 is 1.51 bits per heavy atom. The van der Waals surface area contributed by atoms with Gasteiger partial charge in [-0.15, -0.1) is 24.9 Å². The number of hydrogen-bond donors (Lipinski definition) is 0. The van der Waals surface area contributed by atoms with Crippen LogP contribution in [0, 0.1) is 16.2 Å². The van der Waals surface area contributed by atoms with Gasteiger partial charge in [-0.05, 0) is 85.4 Å². The third-order valence-corrected chi connectivity index (χ3v) is 10.3. The van der Waals surface area contributed by atoms with Crippen molar-refractivity contribution in [3.8, 4) is 16.9 Å². The number of thioether (sulfide) groups is 1. The first-order chi connectivity index (χ1) is 23.5. The normalized spacial score (nSPS) is 14.1. The zero-order valence-corrected chi connectivity index (χ0v) is 32.0. The minimum Gasteiger partial charge on any atom is -0.465 e. The molecule has 0 amide bonds. The van der Waals surface area contributed by atoms with Crippen LogP contribution in [-0.4, -0.2) is 30.6 Å². The maximum Gasteiger partial charge on any atom is 0.573 e. The minimum absolute atomic E-state index is 0.0244. The average Bonchev–Trinajstić information content (AvgIpc) is 2.99. The molecule has 51 heavy (non-hydrogen) atoms. The van der Waals surface area contributed by atoms with Gasteiger partial charge in [0.15, 0.2) is 0 Å². The molecular formula is C40H53F5O5S. The van der Waals surface area contributed by atoms with Crippen LogP contribution in [0.25, 0.3) is 22.1 Å². The van der Waals surface area contributed by atoms with Gasteiger partial charge in [-0.3, -0.25) is 4.79 Å². The number of ether oxygens (including phenoxy) is 2. The molecule has 1 unspecified atom stereocenters. The van der Waals surface area contributed by atoms with Gasteiger partial charge in [0.05, 0.1) is 17.6 Å². The van der Waals surface area contributed by atoms with E-state index >= 15 is 0 Å². The summed E-state index contributed by atoms with van der Waals surface area (Å²) >= 11 is 1.33. The molecule has 0 aliphatic rings. The van der Waals surface area contributed by atoms with Gasteiger partial charge in [0.1, 0.15) is 11.3 Å². The third kappa shape index (κ3) is 12.8. The molecular weight excluding hydrogens is 687 g/mol. The fourth-order valence-electron chi connectivity index (χ4n) is 6.11. The molecule has 2 aromatic carbocycles. The number of carbonyl (C=O) groups is 1. The first-order valence-corrected chi connectivity index (χ1v) is 18.7. The molecule has 3 rings (SSSR count). The summed E-state index contributed by atoms with van der Waals surface area (Å²) in [6, 6.07) is 11.0. The zero-order chi connectivity index (χ0) is 38.3. The van der Waals surface area contributed by atoms with Gasteiger partial charge in [-0.2, -0.15) is 0 Å². The molecule has 0 fully saturated rings. The second-order valence-corrected chi connectivity index (χ2v) is 17.0. The molecule has 1 atom stereocenters. The summed E-state index contributed by atoms with van der Waals surface area (Å²) in [5.41, 5.74) is -1.24. The predicted octanol–water partition coefficient (Wildman–Crippen LogP) is 12.4. The van der Waals surface area contributed by atoms with Crippen molar-refractivity contribution in [2.24, 2.45) is 16.2 Å². The van der Waals surface area contributed by atoms with Crippen molar-refractivity contribution >= 4 is 28.7 Å². The minimum atomic E-state index is -4.95. The lowest BCUT2D eigenvalue weighted by molar-refractivity contribution is -0.274. The van der Waals surface area contributed by atoms with E-state index in [1.165, 1.54) is 30.0 Å². The van der Waals surface area contributed by atoms with E-state index in [1.54, 1.807) is 24.3 Å². The van der Waals surface area contributed by atoms with Crippen LogP contribution in [0.5, 0.6) is 5.75 Å². The van der Waals surface area contributed by atoms with Gasteiger partial charge in [-0.25, -0.2) is 13.6 Å². The van der Waals surface area contributed by atoms with E-state index in [1.807, 2.05) is 34.6 Å². The van der Waals surface area contributed by atoms with E-state index in [0.29, 0.717) is 34.4 Å². The summed E-state index contributed by atoms with van der Waals surface area (Å²) in [5.74, 6) is -3.36.